The van der Waals surface area contributed by atoms with Crippen LogP contribution in [0.2, 0.25) is 36.3 Å². The summed E-state index contributed by atoms with van der Waals surface area (Å²) in [5.41, 5.74) is 6.69. The Morgan fingerprint density at radius 3 is 1.93 bits per heavy atom. The Morgan fingerprint density at radius 1 is 0.847 bits per heavy atom. The molecule has 4 N–H and O–H groups in total. The third-order valence-corrected chi connectivity index (χ3v) is 23.3. The second kappa shape index (κ2) is 17.2. The van der Waals surface area contributed by atoms with Gasteiger partial charge in [0, 0.05) is 24.0 Å². The fourth-order valence-electron chi connectivity index (χ4n) is 6.14. The number of nitrogens with two attached hydrogens (primary N) is 1. The third kappa shape index (κ3) is 10.9. The van der Waals surface area contributed by atoms with Crippen molar-refractivity contribution in [3.8, 4) is 5.75 Å². The van der Waals surface area contributed by atoms with Crippen LogP contribution in [0.1, 0.15) is 61.6 Å². The summed E-state index contributed by atoms with van der Waals surface area (Å²) in [6, 6.07) is 5.45. The predicted octanol–water partition coefficient (Wildman–Crippen LogP) is 7.32. The van der Waals surface area contributed by atoms with Crippen molar-refractivity contribution in [1.82, 2.24) is 19.5 Å². The molecule has 0 spiro atoms. The number of aromatic nitrogens is 4. The van der Waals surface area contributed by atoms with Crippen LogP contribution in [0.25, 0.3) is 11.2 Å². The molecule has 0 aliphatic carbocycles. The van der Waals surface area contributed by atoms with E-state index in [1.54, 1.807) is 4.57 Å². The van der Waals surface area contributed by atoms with E-state index in [-0.39, 0.29) is 27.3 Å². The topological polar surface area (TPSA) is 261 Å². The second-order valence-corrected chi connectivity index (χ2v) is 30.6. The number of ether oxygens (including phenoxy) is 3. The van der Waals surface area contributed by atoms with Gasteiger partial charge in [-0.05, 0) is 48.4 Å². The monoisotopic (exact) mass is 904 g/mol. The molecule has 5 unspecified atom stereocenters. The Balaban J connectivity index is 1.28. The normalized spacial score (nSPS) is 27.8. The number of anilines is 1. The molecule has 0 radical (unpaired) electrons. The molecule has 0 saturated carbocycles. The Kier molecular flexibility index (Phi) is 13.8. The van der Waals surface area contributed by atoms with E-state index in [9.17, 15) is 29.0 Å². The lowest BCUT2D eigenvalue weighted by Crippen LogP contribution is -2.48. The van der Waals surface area contributed by atoms with Crippen LogP contribution < -0.4 is 10.5 Å². The van der Waals surface area contributed by atoms with Crippen LogP contribution in [0.15, 0.2) is 36.9 Å². The van der Waals surface area contributed by atoms with E-state index in [1.807, 2.05) is 26.9 Å². The number of hydrogen-bond donors (Lipinski definition) is 3. The van der Waals surface area contributed by atoms with E-state index in [1.165, 1.54) is 36.9 Å². The number of phosphoric ester groups is 2. The molecule has 2 aliphatic heterocycles. The number of fused-ring (bicyclic) bond motifs is 1. The van der Waals surface area contributed by atoms with Gasteiger partial charge in [0.05, 0.1) is 42.8 Å². The summed E-state index contributed by atoms with van der Waals surface area (Å²) in [5, 5.41) is 10.7. The number of nitro groups is 1. The SMILES string of the molecule is C[C@@H]1C(COP(=O)(O)OP(=O)(O)OCC2OC(Oc3ccc([N+](=O)[O-])cc3)[C@H](C)[C@@H]2O[Si](C)(C)C(C)(C)C)O[C@@H](n2cnc3c(N)ncnc32)[C@@H]1O[Si](C)(C)C(C)(C)C. The van der Waals surface area contributed by atoms with Gasteiger partial charge in [-0.2, -0.15) is 4.31 Å². The summed E-state index contributed by atoms with van der Waals surface area (Å²) < 4.78 is 75.6. The smallest absolute Gasteiger partial charge is 0.465 e. The highest BCUT2D eigenvalue weighted by Crippen LogP contribution is 2.61. The minimum atomic E-state index is -5.28. The van der Waals surface area contributed by atoms with E-state index in [0.717, 1.165) is 0 Å². The van der Waals surface area contributed by atoms with Crippen LogP contribution in [0, 0.1) is 22.0 Å². The maximum atomic E-state index is 13.2. The molecule has 10 atom stereocenters. The zero-order chi connectivity index (χ0) is 44.1. The largest absolute Gasteiger partial charge is 0.481 e. The summed E-state index contributed by atoms with van der Waals surface area (Å²) >= 11 is 0. The van der Waals surface area contributed by atoms with Gasteiger partial charge in [-0.25, -0.2) is 24.1 Å². The summed E-state index contributed by atoms with van der Waals surface area (Å²) in [7, 11) is -15.4. The van der Waals surface area contributed by atoms with Gasteiger partial charge in [-0.1, -0.05) is 55.4 Å². The minimum absolute atomic E-state index is 0.119. The van der Waals surface area contributed by atoms with Gasteiger partial charge < -0.3 is 38.6 Å². The molecule has 1 aromatic carbocycles. The zero-order valence-corrected chi connectivity index (χ0v) is 39.3. The molecule has 20 nitrogen and oxygen atoms in total. The molecule has 59 heavy (non-hydrogen) atoms. The van der Waals surface area contributed by atoms with Gasteiger partial charge >= 0.3 is 15.6 Å². The van der Waals surface area contributed by atoms with Gasteiger partial charge in [0.1, 0.15) is 23.7 Å². The van der Waals surface area contributed by atoms with Crippen molar-refractivity contribution in [2.45, 2.75) is 129 Å². The lowest BCUT2D eigenvalue weighted by atomic mass is 10.0. The first-order chi connectivity index (χ1) is 27.0. The molecular formula is C35H58N6O14P2Si2. The molecule has 5 rings (SSSR count). The highest BCUT2D eigenvalue weighted by Gasteiger charge is 2.52. The molecule has 0 amide bonds. The number of phosphoric acid groups is 2. The highest BCUT2D eigenvalue weighted by atomic mass is 31.3. The van der Waals surface area contributed by atoms with Gasteiger partial charge in [0.2, 0.25) is 6.29 Å². The molecular weight excluding hydrogens is 847 g/mol. The van der Waals surface area contributed by atoms with E-state index in [4.69, 9.17) is 42.2 Å². The Morgan fingerprint density at radius 2 is 1.39 bits per heavy atom. The van der Waals surface area contributed by atoms with Gasteiger partial charge in [0.15, 0.2) is 34.3 Å². The third-order valence-electron chi connectivity index (χ3n) is 11.8. The maximum Gasteiger partial charge on any atom is 0.481 e. The van der Waals surface area contributed by atoms with E-state index >= 15 is 0 Å². The lowest BCUT2D eigenvalue weighted by molar-refractivity contribution is -0.384. The summed E-state index contributed by atoms with van der Waals surface area (Å²) in [4.78, 5) is 44.8. The molecule has 2 saturated heterocycles. The zero-order valence-electron chi connectivity index (χ0n) is 35.5. The Bertz CT molecular complexity index is 2060. The van der Waals surface area contributed by atoms with Crippen LogP contribution in [0.3, 0.4) is 0 Å². The van der Waals surface area contributed by atoms with Crippen LogP contribution in [0.4, 0.5) is 11.5 Å². The first-order valence-electron chi connectivity index (χ1n) is 19.2. The fraction of sp³-hybridized carbons (Fsp3) is 0.686. The minimum Gasteiger partial charge on any atom is -0.465 e. The average Bonchev–Trinajstić information content (AvgIpc) is 3.75. The number of imidazole rings is 1. The molecule has 330 valence electrons. The molecule has 4 heterocycles. The maximum absolute atomic E-state index is 13.2. The van der Waals surface area contributed by atoms with Crippen molar-refractivity contribution < 1.29 is 60.3 Å². The summed E-state index contributed by atoms with van der Waals surface area (Å²) in [6.45, 7) is 23.2. The number of non-ortho nitro benzene ring substituents is 1. The summed E-state index contributed by atoms with van der Waals surface area (Å²) in [6.07, 6.45) is -2.08. The van der Waals surface area contributed by atoms with Gasteiger partial charge in [0.25, 0.3) is 5.69 Å². The van der Waals surface area contributed by atoms with Crippen molar-refractivity contribution in [2.24, 2.45) is 11.8 Å². The van der Waals surface area contributed by atoms with Crippen molar-refractivity contribution in [3.63, 3.8) is 0 Å². The first kappa shape index (κ1) is 47.4. The first-order valence-corrected chi connectivity index (χ1v) is 28.0. The number of rotatable bonds is 16. The highest BCUT2D eigenvalue weighted by molar-refractivity contribution is 7.61. The predicted molar refractivity (Wildman–Crippen MR) is 221 cm³/mol. The van der Waals surface area contributed by atoms with Crippen LogP contribution in [-0.2, 0) is 40.8 Å². The quantitative estimate of drug-likeness (QED) is 0.0550. The van der Waals surface area contributed by atoms with E-state index in [2.05, 4.69) is 69.6 Å². The number of hydrogen-bond acceptors (Lipinski definition) is 16. The van der Waals surface area contributed by atoms with Crippen molar-refractivity contribution in [2.75, 3.05) is 18.9 Å². The molecule has 2 fully saturated rings. The molecule has 2 aromatic heterocycles. The Hall–Kier alpha value is -2.70. The molecule has 2 aliphatic rings. The van der Waals surface area contributed by atoms with Crippen LogP contribution in [0.5, 0.6) is 5.75 Å². The Labute approximate surface area is 346 Å². The number of nitrogens with zero attached hydrogens (tertiary/aromatic N) is 5. The summed E-state index contributed by atoms with van der Waals surface area (Å²) in [5.74, 6) is -0.413. The van der Waals surface area contributed by atoms with E-state index < -0.39 is 99.2 Å². The van der Waals surface area contributed by atoms with Crippen molar-refractivity contribution in [3.05, 3.63) is 47.0 Å². The van der Waals surface area contributed by atoms with Gasteiger partial charge in [-0.3, -0.25) is 23.7 Å². The van der Waals surface area contributed by atoms with Gasteiger partial charge in [-0.15, -0.1) is 0 Å². The standard InChI is InChI=1S/C35H58N6O14P2Si2/c1-21-25(51-32(29(21)54-59(11,12)35(6,7)8)40-20-39-27-30(36)37-19-38-31(27)40)17-48-56(44,45)55-57(46,47)49-18-26-28(53-58(9,10)34(3,4)5)22(2)33(52-26)50-24-15-13-23(14-16-24)41(42)43/h13-16,19-22,25-26,28-29,32-33H,17-18H2,1-12H3,(H,44,45)(H,46,47)(H2,36,37,38)/t21-,22-,25?,26?,28+,29-,32-,33?/m1/s1. The van der Waals surface area contributed by atoms with E-state index in [0.29, 0.717) is 11.2 Å². The lowest BCUT2D eigenvalue weighted by Gasteiger charge is -2.40. The van der Waals surface area contributed by atoms with Crippen molar-refractivity contribution >= 4 is 54.9 Å². The molecule has 3 aromatic rings. The van der Waals surface area contributed by atoms with Crippen LogP contribution >= 0.6 is 15.6 Å². The van der Waals surface area contributed by atoms with Crippen molar-refractivity contribution in [1.29, 1.82) is 0 Å². The number of nitrogen functional groups attached to an aromatic ring is 1. The second-order valence-electron chi connectivity index (χ2n) is 18.1. The molecule has 24 heteroatoms. The van der Waals surface area contributed by atoms with Crippen LogP contribution in [-0.4, -0.2) is 94.8 Å². The number of benzene rings is 1. The fourth-order valence-corrected chi connectivity index (χ4v) is 11.0. The number of nitro benzene ring substituents is 1. The average molecular weight is 905 g/mol. The molecule has 0 bridgehead atoms.